The molecule has 0 heterocycles. The maximum atomic E-state index is 13.4. The Morgan fingerprint density at radius 3 is 1.13 bits per heavy atom. The van der Waals surface area contributed by atoms with Gasteiger partial charge in [-0.25, -0.2) is 0 Å². The second-order valence-electron chi connectivity index (χ2n) is 15.1. The van der Waals surface area contributed by atoms with E-state index >= 15 is 0 Å². The normalized spacial score (nSPS) is 13.6. The van der Waals surface area contributed by atoms with Crippen molar-refractivity contribution < 1.29 is 14.1 Å². The number of carbonyl (C=O) groups excluding carboxylic acids is 2. The number of ketones is 2. The van der Waals surface area contributed by atoms with Gasteiger partial charge in [0.05, 0.1) is 27.6 Å². The SMILES string of the molecule is CCCCCCCC/C=C\CCCCCCCC(=O)CC(C)(C(=O)CCCCCCC/C=C\CCCCCCCC)[N+](C)(C)C. The van der Waals surface area contributed by atoms with Gasteiger partial charge in [0.15, 0.2) is 11.3 Å². The van der Waals surface area contributed by atoms with Crippen LogP contribution in [0.5, 0.6) is 0 Å². The van der Waals surface area contributed by atoms with Gasteiger partial charge in [0.2, 0.25) is 0 Å². The Kier molecular flexibility index (Phi) is 29.3. The quantitative estimate of drug-likeness (QED) is 0.0403. The van der Waals surface area contributed by atoms with Crippen molar-refractivity contribution >= 4 is 11.6 Å². The van der Waals surface area contributed by atoms with Crippen molar-refractivity contribution in [2.24, 2.45) is 0 Å². The number of carbonyl (C=O) groups is 2. The molecule has 0 aromatic rings. The zero-order chi connectivity index (χ0) is 33.5. The molecule has 0 radical (unpaired) electrons. The number of likely N-dealkylation sites (N-methyl/N-ethyl adjacent to an activating group) is 1. The molecule has 0 saturated carbocycles. The molecule has 45 heavy (non-hydrogen) atoms. The molecule has 0 spiro atoms. The summed E-state index contributed by atoms with van der Waals surface area (Å²) in [6, 6.07) is 0. The molecule has 3 heteroatoms. The highest BCUT2D eigenvalue weighted by Crippen LogP contribution is 2.28. The van der Waals surface area contributed by atoms with E-state index in [9.17, 15) is 9.59 Å². The largest absolute Gasteiger partial charge is 0.320 e. The number of hydrogen-bond donors (Lipinski definition) is 0. The van der Waals surface area contributed by atoms with Gasteiger partial charge in [-0.15, -0.1) is 0 Å². The number of nitrogens with zero attached hydrogens (tertiary/aromatic N) is 1. The highest BCUT2D eigenvalue weighted by molar-refractivity contribution is 5.92. The molecule has 0 amide bonds. The molecule has 264 valence electrons. The second kappa shape index (κ2) is 30.1. The minimum atomic E-state index is -0.625. The van der Waals surface area contributed by atoms with E-state index in [1.54, 1.807) is 0 Å². The lowest BCUT2D eigenvalue weighted by atomic mass is 9.83. The summed E-state index contributed by atoms with van der Waals surface area (Å²) in [4.78, 5) is 26.4. The van der Waals surface area contributed by atoms with Crippen LogP contribution in [0.25, 0.3) is 0 Å². The molecular formula is C42H80NO2+. The Morgan fingerprint density at radius 2 is 0.778 bits per heavy atom. The summed E-state index contributed by atoms with van der Waals surface area (Å²) >= 11 is 0. The van der Waals surface area contributed by atoms with Gasteiger partial charge in [0.25, 0.3) is 0 Å². The van der Waals surface area contributed by atoms with Crippen molar-refractivity contribution in [1.82, 2.24) is 0 Å². The zero-order valence-corrected chi connectivity index (χ0v) is 31.6. The van der Waals surface area contributed by atoms with Crippen molar-refractivity contribution in [3.63, 3.8) is 0 Å². The maximum absolute atomic E-state index is 13.4. The van der Waals surface area contributed by atoms with Crippen LogP contribution in [0.1, 0.15) is 207 Å². The van der Waals surface area contributed by atoms with Crippen LogP contribution in [0.3, 0.4) is 0 Å². The van der Waals surface area contributed by atoms with Gasteiger partial charge >= 0.3 is 0 Å². The van der Waals surface area contributed by atoms with Crippen LogP contribution in [0, 0.1) is 0 Å². The van der Waals surface area contributed by atoms with Gasteiger partial charge in [-0.1, -0.05) is 141 Å². The summed E-state index contributed by atoms with van der Waals surface area (Å²) in [6.07, 6.45) is 44.0. The smallest absolute Gasteiger partial charge is 0.193 e. The van der Waals surface area contributed by atoms with Crippen LogP contribution in [0.15, 0.2) is 24.3 Å². The zero-order valence-electron chi connectivity index (χ0n) is 31.6. The van der Waals surface area contributed by atoms with Gasteiger partial charge in [0.1, 0.15) is 5.78 Å². The van der Waals surface area contributed by atoms with Crippen molar-refractivity contribution in [3.05, 3.63) is 24.3 Å². The van der Waals surface area contributed by atoms with Crippen LogP contribution in [0.2, 0.25) is 0 Å². The summed E-state index contributed by atoms with van der Waals surface area (Å²) < 4.78 is 0.523. The molecule has 1 atom stereocenters. The lowest BCUT2D eigenvalue weighted by Crippen LogP contribution is -2.60. The Balaban J connectivity index is 4.01. The number of rotatable bonds is 34. The lowest BCUT2D eigenvalue weighted by molar-refractivity contribution is -0.910. The average molecular weight is 631 g/mol. The first-order chi connectivity index (χ1) is 21.7. The Labute approximate surface area is 283 Å². The number of unbranched alkanes of at least 4 members (excludes halogenated alkanes) is 22. The van der Waals surface area contributed by atoms with E-state index in [1.807, 2.05) is 6.92 Å². The fourth-order valence-electron chi connectivity index (χ4n) is 6.20. The van der Waals surface area contributed by atoms with Crippen molar-refractivity contribution in [2.45, 2.75) is 213 Å². The minimum absolute atomic E-state index is 0.265. The third-order valence-electron chi connectivity index (χ3n) is 10.0. The Hall–Kier alpha value is -1.22. The summed E-state index contributed by atoms with van der Waals surface area (Å²) in [5, 5.41) is 0. The monoisotopic (exact) mass is 631 g/mol. The average Bonchev–Trinajstić information content (AvgIpc) is 3.00. The molecule has 0 aliphatic carbocycles. The van der Waals surface area contributed by atoms with E-state index in [0.29, 0.717) is 23.7 Å². The predicted molar refractivity (Wildman–Crippen MR) is 200 cm³/mol. The standard InChI is InChI=1S/C42H80NO2/c1-7-9-11-13-15-17-19-21-23-25-27-29-31-33-35-37-40(44)39-42(3,43(4,5)6)41(45)38-36-34-32-30-28-26-24-22-20-18-16-14-12-10-8-2/h21-24H,7-20,25-39H2,1-6H3/q+1/b23-21-,24-22-. The topological polar surface area (TPSA) is 34.1 Å². The number of quaternary nitrogens is 1. The van der Waals surface area contributed by atoms with Gasteiger partial charge in [-0.05, 0) is 71.1 Å². The van der Waals surface area contributed by atoms with Gasteiger partial charge in [-0.3, -0.25) is 9.59 Å². The molecule has 0 aromatic heterocycles. The predicted octanol–water partition coefficient (Wildman–Crippen LogP) is 13.1. The highest BCUT2D eigenvalue weighted by Gasteiger charge is 2.46. The van der Waals surface area contributed by atoms with Crippen LogP contribution in [-0.4, -0.2) is 42.7 Å². The molecule has 0 bridgehead atoms. The van der Waals surface area contributed by atoms with Gasteiger partial charge < -0.3 is 4.48 Å². The summed E-state index contributed by atoms with van der Waals surface area (Å²) in [5.41, 5.74) is -0.625. The van der Waals surface area contributed by atoms with Gasteiger partial charge in [-0.2, -0.15) is 0 Å². The van der Waals surface area contributed by atoms with E-state index in [1.165, 1.54) is 141 Å². The van der Waals surface area contributed by atoms with E-state index in [4.69, 9.17) is 0 Å². The second-order valence-corrected chi connectivity index (χ2v) is 15.1. The van der Waals surface area contributed by atoms with Crippen molar-refractivity contribution in [1.29, 1.82) is 0 Å². The Bertz CT molecular complexity index is 746. The molecule has 0 aliphatic heterocycles. The number of hydrogen-bond acceptors (Lipinski definition) is 2. The molecule has 0 saturated heterocycles. The first-order valence-electron chi connectivity index (χ1n) is 19.9. The summed E-state index contributed by atoms with van der Waals surface area (Å²) in [6.45, 7) is 6.58. The van der Waals surface area contributed by atoms with E-state index in [0.717, 1.165) is 25.7 Å². The lowest BCUT2D eigenvalue weighted by Gasteiger charge is -2.42. The molecule has 0 aliphatic rings. The summed E-state index contributed by atoms with van der Waals surface area (Å²) in [7, 11) is 6.23. The Morgan fingerprint density at radius 1 is 0.467 bits per heavy atom. The number of Topliss-reactive ketones (excluding diaryl/α,β-unsaturated/α-hetero) is 2. The minimum Gasteiger partial charge on any atom is -0.320 e. The summed E-state index contributed by atoms with van der Waals surface area (Å²) in [5.74, 6) is 0.534. The van der Waals surface area contributed by atoms with Crippen molar-refractivity contribution in [2.75, 3.05) is 21.1 Å². The van der Waals surface area contributed by atoms with E-state index < -0.39 is 5.54 Å². The molecule has 0 N–H and O–H groups in total. The van der Waals surface area contributed by atoms with E-state index in [2.05, 4.69) is 59.3 Å². The molecule has 1 unspecified atom stereocenters. The molecule has 0 fully saturated rings. The first-order valence-corrected chi connectivity index (χ1v) is 19.9. The third-order valence-corrected chi connectivity index (χ3v) is 10.0. The molecule has 0 aromatic carbocycles. The van der Waals surface area contributed by atoms with Crippen molar-refractivity contribution in [3.8, 4) is 0 Å². The fraction of sp³-hybridized carbons (Fsp3) is 0.857. The van der Waals surface area contributed by atoms with Gasteiger partial charge in [0, 0.05) is 12.8 Å². The fourth-order valence-corrected chi connectivity index (χ4v) is 6.20. The maximum Gasteiger partial charge on any atom is 0.193 e. The molecule has 3 nitrogen and oxygen atoms in total. The molecule has 0 rings (SSSR count). The van der Waals surface area contributed by atoms with Crippen LogP contribution >= 0.6 is 0 Å². The highest BCUT2D eigenvalue weighted by atomic mass is 16.1. The first kappa shape index (κ1) is 43.8. The van der Waals surface area contributed by atoms with Crippen LogP contribution < -0.4 is 0 Å². The number of allylic oxidation sites excluding steroid dienone is 4. The third kappa shape index (κ3) is 25.5. The van der Waals surface area contributed by atoms with E-state index in [-0.39, 0.29) is 11.6 Å². The van der Waals surface area contributed by atoms with Crippen LogP contribution in [-0.2, 0) is 9.59 Å². The van der Waals surface area contributed by atoms with Crippen LogP contribution in [0.4, 0.5) is 0 Å². The molecular weight excluding hydrogens is 550 g/mol.